The van der Waals surface area contributed by atoms with Gasteiger partial charge in [-0.3, -0.25) is 9.20 Å². The van der Waals surface area contributed by atoms with Crippen molar-refractivity contribution in [1.82, 2.24) is 14.7 Å². The van der Waals surface area contributed by atoms with Gasteiger partial charge in [-0.05, 0) is 43.9 Å². The fraction of sp³-hybridized carbons (Fsp3) is 0.500. The van der Waals surface area contributed by atoms with E-state index in [4.69, 9.17) is 0 Å². The molecule has 0 amide bonds. The zero-order chi connectivity index (χ0) is 14.7. The average Bonchev–Trinajstić information content (AvgIpc) is 2.47. The zero-order valence-electron chi connectivity index (χ0n) is 12.0. The number of aliphatic hydroxyl groups is 1. The molecule has 1 saturated carbocycles. The standard InChI is InChI=1S/C16H21N3O2/c20-14-5-3-4-12(8-14)10-17-11-13-9-16(21)19-7-2-1-6-15(19)18-13/h1-2,6-7,9,12,14,17,20H,3-5,8,10-11H2. The minimum Gasteiger partial charge on any atom is -0.393 e. The van der Waals surface area contributed by atoms with E-state index in [-0.39, 0.29) is 11.7 Å². The Hall–Kier alpha value is -1.72. The Bertz CT molecular complexity index is 668. The lowest BCUT2D eigenvalue weighted by atomic mass is 9.87. The number of aliphatic hydroxyl groups excluding tert-OH is 1. The van der Waals surface area contributed by atoms with Gasteiger partial charge in [0.2, 0.25) is 0 Å². The summed E-state index contributed by atoms with van der Waals surface area (Å²) in [6, 6.07) is 7.11. The predicted octanol–water partition coefficient (Wildman–Crippen LogP) is 1.34. The molecule has 2 aromatic rings. The molecule has 21 heavy (non-hydrogen) atoms. The number of rotatable bonds is 4. The summed E-state index contributed by atoms with van der Waals surface area (Å²) in [6.07, 6.45) is 5.65. The van der Waals surface area contributed by atoms with E-state index in [1.165, 1.54) is 0 Å². The van der Waals surface area contributed by atoms with E-state index in [2.05, 4.69) is 10.3 Å². The second kappa shape index (κ2) is 6.37. The molecule has 5 nitrogen and oxygen atoms in total. The van der Waals surface area contributed by atoms with Crippen molar-refractivity contribution in [3.05, 3.63) is 46.5 Å². The first-order valence-corrected chi connectivity index (χ1v) is 7.58. The zero-order valence-corrected chi connectivity index (χ0v) is 12.0. The maximum Gasteiger partial charge on any atom is 0.258 e. The van der Waals surface area contributed by atoms with Gasteiger partial charge in [0, 0.05) is 18.8 Å². The van der Waals surface area contributed by atoms with E-state index in [9.17, 15) is 9.90 Å². The summed E-state index contributed by atoms with van der Waals surface area (Å²) in [4.78, 5) is 16.5. The van der Waals surface area contributed by atoms with Gasteiger partial charge in [0.05, 0.1) is 11.8 Å². The fourth-order valence-electron chi connectivity index (χ4n) is 3.05. The van der Waals surface area contributed by atoms with Crippen LogP contribution in [-0.2, 0) is 6.54 Å². The number of nitrogens with one attached hydrogen (secondary N) is 1. The van der Waals surface area contributed by atoms with E-state index in [1.807, 2.05) is 18.2 Å². The molecule has 112 valence electrons. The molecule has 2 heterocycles. The molecule has 3 rings (SSSR count). The molecule has 0 aromatic carbocycles. The van der Waals surface area contributed by atoms with Crippen molar-refractivity contribution in [2.45, 2.75) is 38.3 Å². The maximum absolute atomic E-state index is 12.0. The Kier molecular flexibility index (Phi) is 4.31. The molecule has 2 aromatic heterocycles. The Labute approximate surface area is 123 Å². The van der Waals surface area contributed by atoms with Crippen LogP contribution in [0, 0.1) is 5.92 Å². The van der Waals surface area contributed by atoms with Crippen LogP contribution in [0.25, 0.3) is 5.65 Å². The van der Waals surface area contributed by atoms with Crippen LogP contribution in [0.5, 0.6) is 0 Å². The molecular weight excluding hydrogens is 266 g/mol. The first-order valence-electron chi connectivity index (χ1n) is 7.58. The highest BCUT2D eigenvalue weighted by Gasteiger charge is 2.19. The van der Waals surface area contributed by atoms with Crippen molar-refractivity contribution in [2.24, 2.45) is 5.92 Å². The van der Waals surface area contributed by atoms with Gasteiger partial charge in [0.25, 0.3) is 5.56 Å². The Morgan fingerprint density at radius 1 is 1.38 bits per heavy atom. The van der Waals surface area contributed by atoms with Gasteiger partial charge >= 0.3 is 0 Å². The topological polar surface area (TPSA) is 66.6 Å². The minimum absolute atomic E-state index is 0.0505. The number of nitrogens with zero attached hydrogens (tertiary/aromatic N) is 2. The third-order valence-corrected chi connectivity index (χ3v) is 4.12. The van der Waals surface area contributed by atoms with Gasteiger partial charge in [-0.2, -0.15) is 0 Å². The van der Waals surface area contributed by atoms with Crippen molar-refractivity contribution in [2.75, 3.05) is 6.54 Å². The summed E-state index contributed by atoms with van der Waals surface area (Å²) in [5.74, 6) is 0.523. The van der Waals surface area contributed by atoms with Gasteiger partial charge < -0.3 is 10.4 Å². The monoisotopic (exact) mass is 287 g/mol. The van der Waals surface area contributed by atoms with Gasteiger partial charge in [0.15, 0.2) is 0 Å². The van der Waals surface area contributed by atoms with Crippen molar-refractivity contribution < 1.29 is 5.11 Å². The number of pyridine rings is 1. The van der Waals surface area contributed by atoms with Gasteiger partial charge in [-0.25, -0.2) is 4.98 Å². The van der Waals surface area contributed by atoms with E-state index in [0.29, 0.717) is 18.1 Å². The molecule has 0 radical (unpaired) electrons. The van der Waals surface area contributed by atoms with E-state index >= 15 is 0 Å². The Morgan fingerprint density at radius 2 is 2.29 bits per heavy atom. The molecule has 1 aliphatic carbocycles. The molecule has 1 fully saturated rings. The Balaban J connectivity index is 1.61. The molecule has 1 aliphatic rings. The second-order valence-electron chi connectivity index (χ2n) is 5.83. The third-order valence-electron chi connectivity index (χ3n) is 4.12. The molecule has 0 bridgehead atoms. The van der Waals surface area contributed by atoms with E-state index in [1.54, 1.807) is 16.7 Å². The smallest absolute Gasteiger partial charge is 0.258 e. The molecular formula is C16H21N3O2. The van der Waals surface area contributed by atoms with Crippen molar-refractivity contribution in [3.8, 4) is 0 Å². The van der Waals surface area contributed by atoms with Crippen LogP contribution in [0.15, 0.2) is 35.3 Å². The van der Waals surface area contributed by atoms with Crippen LogP contribution < -0.4 is 10.9 Å². The minimum atomic E-state index is -0.144. The first kappa shape index (κ1) is 14.2. The van der Waals surface area contributed by atoms with Crippen molar-refractivity contribution in [1.29, 1.82) is 0 Å². The lowest BCUT2D eigenvalue weighted by Crippen LogP contribution is -2.29. The summed E-state index contributed by atoms with van der Waals surface area (Å²) in [5.41, 5.74) is 1.39. The molecule has 2 unspecified atom stereocenters. The summed E-state index contributed by atoms with van der Waals surface area (Å²) in [5, 5.41) is 13.0. The van der Waals surface area contributed by atoms with Crippen LogP contribution in [0.2, 0.25) is 0 Å². The fourth-order valence-corrected chi connectivity index (χ4v) is 3.05. The molecule has 0 saturated heterocycles. The SMILES string of the molecule is O=c1cc(CNCC2CCCC(O)C2)nc2ccccn12. The van der Waals surface area contributed by atoms with Crippen LogP contribution in [0.4, 0.5) is 0 Å². The average molecular weight is 287 g/mol. The largest absolute Gasteiger partial charge is 0.393 e. The number of hydrogen-bond donors (Lipinski definition) is 2. The number of fused-ring (bicyclic) bond motifs is 1. The van der Waals surface area contributed by atoms with Crippen LogP contribution >= 0.6 is 0 Å². The third kappa shape index (κ3) is 3.49. The highest BCUT2D eigenvalue weighted by Crippen LogP contribution is 2.23. The lowest BCUT2D eigenvalue weighted by molar-refractivity contribution is 0.101. The summed E-state index contributed by atoms with van der Waals surface area (Å²) >= 11 is 0. The quantitative estimate of drug-likeness (QED) is 0.890. The number of aromatic nitrogens is 2. The Morgan fingerprint density at radius 3 is 3.14 bits per heavy atom. The van der Waals surface area contributed by atoms with Gasteiger partial charge in [0.1, 0.15) is 5.65 Å². The summed E-state index contributed by atoms with van der Waals surface area (Å²) < 4.78 is 1.54. The molecule has 0 spiro atoms. The molecule has 2 atom stereocenters. The highest BCUT2D eigenvalue weighted by atomic mass is 16.3. The maximum atomic E-state index is 12.0. The highest BCUT2D eigenvalue weighted by molar-refractivity contribution is 5.37. The first-order chi connectivity index (χ1) is 10.2. The van der Waals surface area contributed by atoms with Crippen LogP contribution in [0.1, 0.15) is 31.4 Å². The second-order valence-corrected chi connectivity index (χ2v) is 5.83. The number of hydrogen-bond acceptors (Lipinski definition) is 4. The van der Waals surface area contributed by atoms with E-state index in [0.717, 1.165) is 37.9 Å². The summed E-state index contributed by atoms with van der Waals surface area (Å²) in [7, 11) is 0. The molecule has 2 N–H and O–H groups in total. The van der Waals surface area contributed by atoms with Crippen molar-refractivity contribution >= 4 is 5.65 Å². The van der Waals surface area contributed by atoms with Crippen molar-refractivity contribution in [3.63, 3.8) is 0 Å². The van der Waals surface area contributed by atoms with Gasteiger partial charge in [-0.1, -0.05) is 12.5 Å². The van der Waals surface area contributed by atoms with Crippen LogP contribution in [-0.4, -0.2) is 27.1 Å². The normalized spacial score (nSPS) is 22.5. The van der Waals surface area contributed by atoms with E-state index < -0.39 is 0 Å². The van der Waals surface area contributed by atoms with Gasteiger partial charge in [-0.15, -0.1) is 0 Å². The molecule has 5 heteroatoms. The van der Waals surface area contributed by atoms with Crippen LogP contribution in [0.3, 0.4) is 0 Å². The predicted molar refractivity (Wildman–Crippen MR) is 81.1 cm³/mol. The summed E-state index contributed by atoms with van der Waals surface area (Å²) in [6.45, 7) is 1.46. The molecule has 0 aliphatic heterocycles. The lowest BCUT2D eigenvalue weighted by Gasteiger charge is -2.25.